The van der Waals surface area contributed by atoms with Gasteiger partial charge in [0.05, 0.1) is 0 Å². The molecule has 6 heteroatoms. The quantitative estimate of drug-likeness (QED) is 0.0261. The Kier molecular flexibility index (Phi) is 56.7. The summed E-state index contributed by atoms with van der Waals surface area (Å²) < 4.78 is 16.9. The molecule has 0 radical (unpaired) electrons. The summed E-state index contributed by atoms with van der Waals surface area (Å²) in [6, 6.07) is 0. The van der Waals surface area contributed by atoms with E-state index in [1.165, 1.54) is 238 Å². The van der Waals surface area contributed by atoms with Gasteiger partial charge in [-0.05, 0) is 64.2 Å². The van der Waals surface area contributed by atoms with Gasteiger partial charge in [0.15, 0.2) is 6.10 Å². The third kappa shape index (κ3) is 56.7. The Morgan fingerprint density at radius 3 is 0.768 bits per heavy atom. The predicted molar refractivity (Wildman–Crippen MR) is 298 cm³/mol. The van der Waals surface area contributed by atoms with Gasteiger partial charge in [-0.1, -0.05) is 283 Å². The fourth-order valence-corrected chi connectivity index (χ4v) is 9.25. The monoisotopic (exact) mass is 971 g/mol. The molecule has 0 aromatic carbocycles. The van der Waals surface area contributed by atoms with Crippen LogP contribution in [-0.2, 0) is 28.6 Å². The molecule has 0 aliphatic rings. The van der Waals surface area contributed by atoms with E-state index >= 15 is 0 Å². The molecule has 1 atom stereocenters. The molecule has 0 spiro atoms. The number of carbonyl (C=O) groups excluding carboxylic acids is 3. The Balaban J connectivity index is 4.25. The second-order valence-electron chi connectivity index (χ2n) is 21.0. The Bertz CT molecular complexity index is 1110. The van der Waals surface area contributed by atoms with Crippen molar-refractivity contribution in [1.82, 2.24) is 0 Å². The fraction of sp³-hybridized carbons (Fsp3) is 0.889. The summed E-state index contributed by atoms with van der Waals surface area (Å²) in [5.74, 6) is -0.857. The van der Waals surface area contributed by atoms with Gasteiger partial charge in [0.1, 0.15) is 13.2 Å². The highest BCUT2D eigenvalue weighted by Crippen LogP contribution is 2.17. The number of allylic oxidation sites excluding steroid dienone is 4. The van der Waals surface area contributed by atoms with Crippen LogP contribution in [0.25, 0.3) is 0 Å². The van der Waals surface area contributed by atoms with Crippen molar-refractivity contribution >= 4 is 17.9 Å². The second kappa shape index (κ2) is 58.5. The van der Waals surface area contributed by atoms with Crippen LogP contribution in [-0.4, -0.2) is 37.2 Å². The molecule has 0 rings (SSSR count). The molecule has 0 unspecified atom stereocenters. The number of ether oxygens (including phenoxy) is 3. The van der Waals surface area contributed by atoms with Crippen molar-refractivity contribution in [2.24, 2.45) is 0 Å². The van der Waals surface area contributed by atoms with Crippen molar-refractivity contribution in [3.8, 4) is 0 Å². The maximum atomic E-state index is 12.9. The van der Waals surface area contributed by atoms with Crippen LogP contribution in [0.3, 0.4) is 0 Å². The van der Waals surface area contributed by atoms with Crippen molar-refractivity contribution in [3.05, 3.63) is 24.3 Å². The maximum Gasteiger partial charge on any atom is 0.306 e. The number of esters is 3. The molecule has 0 aromatic rings. The molecule has 0 bridgehead atoms. The first kappa shape index (κ1) is 66.9. The van der Waals surface area contributed by atoms with Crippen LogP contribution in [0.5, 0.6) is 0 Å². The molecule has 0 N–H and O–H groups in total. The van der Waals surface area contributed by atoms with Gasteiger partial charge in [-0.3, -0.25) is 14.4 Å². The third-order valence-corrected chi connectivity index (χ3v) is 13.9. The molecule has 0 saturated carbocycles. The van der Waals surface area contributed by atoms with Gasteiger partial charge in [-0.15, -0.1) is 0 Å². The van der Waals surface area contributed by atoms with Gasteiger partial charge < -0.3 is 14.2 Å². The summed E-state index contributed by atoms with van der Waals surface area (Å²) in [5.41, 5.74) is 0. The molecule has 69 heavy (non-hydrogen) atoms. The Morgan fingerprint density at radius 2 is 0.493 bits per heavy atom. The molecular weight excluding hydrogens is 853 g/mol. The van der Waals surface area contributed by atoms with E-state index in [9.17, 15) is 14.4 Å². The van der Waals surface area contributed by atoms with E-state index in [1.54, 1.807) is 0 Å². The summed E-state index contributed by atoms with van der Waals surface area (Å²) in [6.07, 6.45) is 69.0. The lowest BCUT2D eigenvalue weighted by molar-refractivity contribution is -0.167. The summed E-state index contributed by atoms with van der Waals surface area (Å²) in [6.45, 7) is 6.65. The molecule has 0 heterocycles. The Labute approximate surface area is 430 Å². The summed E-state index contributed by atoms with van der Waals surface area (Å²) >= 11 is 0. The van der Waals surface area contributed by atoms with Crippen LogP contribution in [0.1, 0.15) is 342 Å². The number of hydrogen-bond acceptors (Lipinski definition) is 6. The first-order chi connectivity index (χ1) is 34.0. The molecule has 0 fully saturated rings. The van der Waals surface area contributed by atoms with Crippen molar-refractivity contribution in [3.63, 3.8) is 0 Å². The SMILES string of the molecule is CCCC/C=C\CCCCCCCC(=O)OC[C@H](COC(=O)CCCCCCCCCCCCCCCCCCCCC)OC(=O)CCCCCCCCCCCCC/C=C\CCCCCCCC. The lowest BCUT2D eigenvalue weighted by atomic mass is 10.0. The lowest BCUT2D eigenvalue weighted by Gasteiger charge is -2.18. The highest BCUT2D eigenvalue weighted by atomic mass is 16.6. The van der Waals surface area contributed by atoms with E-state index in [1.807, 2.05) is 0 Å². The van der Waals surface area contributed by atoms with Crippen LogP contribution in [0.4, 0.5) is 0 Å². The summed E-state index contributed by atoms with van der Waals surface area (Å²) in [5, 5.41) is 0. The second-order valence-corrected chi connectivity index (χ2v) is 21.0. The molecule has 6 nitrogen and oxygen atoms in total. The van der Waals surface area contributed by atoms with E-state index in [4.69, 9.17) is 14.2 Å². The van der Waals surface area contributed by atoms with Gasteiger partial charge in [0.2, 0.25) is 0 Å². The summed E-state index contributed by atoms with van der Waals surface area (Å²) in [4.78, 5) is 38.2. The molecule has 0 aliphatic heterocycles. The molecule has 0 amide bonds. The van der Waals surface area contributed by atoms with Crippen molar-refractivity contribution < 1.29 is 28.6 Å². The highest BCUT2D eigenvalue weighted by molar-refractivity contribution is 5.71. The first-order valence-electron chi connectivity index (χ1n) is 30.8. The van der Waals surface area contributed by atoms with E-state index < -0.39 is 6.10 Å². The van der Waals surface area contributed by atoms with Gasteiger partial charge >= 0.3 is 17.9 Å². The van der Waals surface area contributed by atoms with E-state index in [-0.39, 0.29) is 31.1 Å². The highest BCUT2D eigenvalue weighted by Gasteiger charge is 2.19. The molecular formula is C63H118O6. The van der Waals surface area contributed by atoms with Crippen molar-refractivity contribution in [2.45, 2.75) is 348 Å². The first-order valence-corrected chi connectivity index (χ1v) is 30.8. The Morgan fingerprint density at radius 1 is 0.275 bits per heavy atom. The van der Waals surface area contributed by atoms with Gasteiger partial charge in [-0.2, -0.15) is 0 Å². The number of rotatable bonds is 57. The van der Waals surface area contributed by atoms with Gasteiger partial charge in [0, 0.05) is 19.3 Å². The van der Waals surface area contributed by atoms with Crippen LogP contribution in [0.15, 0.2) is 24.3 Å². The third-order valence-electron chi connectivity index (χ3n) is 13.9. The molecule has 0 aromatic heterocycles. The minimum atomic E-state index is -0.771. The standard InChI is InChI=1S/C63H118O6/c1-4-7-10-13-16-19-22-24-26-28-30-31-33-35-37-39-42-45-48-51-54-57-63(66)69-60(58-67-61(64)55-52-49-46-43-40-21-18-15-12-9-6-3)59-68-62(65)56-53-50-47-44-41-38-36-34-32-29-27-25-23-20-17-14-11-8-5-2/h15,18,24,26,60H,4-14,16-17,19-23,25,27-59H2,1-3H3/b18-15-,26-24-/t60-/m1/s1. The average Bonchev–Trinajstić information content (AvgIpc) is 3.35. The zero-order valence-corrected chi connectivity index (χ0v) is 46.6. The Hall–Kier alpha value is -2.11. The number of unbranched alkanes of at least 4 members (excludes halogenated alkanes) is 42. The topological polar surface area (TPSA) is 78.9 Å². The zero-order chi connectivity index (χ0) is 50.0. The van der Waals surface area contributed by atoms with E-state index in [0.29, 0.717) is 19.3 Å². The van der Waals surface area contributed by atoms with Crippen molar-refractivity contribution in [1.29, 1.82) is 0 Å². The van der Waals surface area contributed by atoms with Crippen LogP contribution in [0.2, 0.25) is 0 Å². The average molecular weight is 972 g/mol. The number of carbonyl (C=O) groups is 3. The normalized spacial score (nSPS) is 12.1. The van der Waals surface area contributed by atoms with Crippen molar-refractivity contribution in [2.75, 3.05) is 13.2 Å². The molecule has 406 valence electrons. The smallest absolute Gasteiger partial charge is 0.306 e. The van der Waals surface area contributed by atoms with Gasteiger partial charge in [-0.25, -0.2) is 0 Å². The van der Waals surface area contributed by atoms with Crippen LogP contribution >= 0.6 is 0 Å². The van der Waals surface area contributed by atoms with Crippen LogP contribution < -0.4 is 0 Å². The fourth-order valence-electron chi connectivity index (χ4n) is 9.25. The summed E-state index contributed by atoms with van der Waals surface area (Å²) in [7, 11) is 0. The zero-order valence-electron chi connectivity index (χ0n) is 46.6. The number of hydrogen-bond donors (Lipinski definition) is 0. The lowest BCUT2D eigenvalue weighted by Crippen LogP contribution is -2.30. The minimum Gasteiger partial charge on any atom is -0.462 e. The van der Waals surface area contributed by atoms with E-state index in [0.717, 1.165) is 64.2 Å². The molecule has 0 aliphatic carbocycles. The minimum absolute atomic E-state index is 0.0692. The largest absolute Gasteiger partial charge is 0.462 e. The van der Waals surface area contributed by atoms with Crippen LogP contribution in [0, 0.1) is 0 Å². The maximum absolute atomic E-state index is 12.9. The predicted octanol–water partition coefficient (Wildman–Crippen LogP) is 20.7. The molecule has 0 saturated heterocycles. The van der Waals surface area contributed by atoms with E-state index in [2.05, 4.69) is 45.1 Å². The van der Waals surface area contributed by atoms with Gasteiger partial charge in [0.25, 0.3) is 0 Å².